The number of phenolic OH excluding ortho intramolecular Hbond substituents is 2. The van der Waals surface area contributed by atoms with Gasteiger partial charge >= 0.3 is 0 Å². The summed E-state index contributed by atoms with van der Waals surface area (Å²) in [4.78, 5) is 0. The normalized spacial score (nSPS) is 14.9. The molecule has 5 nitrogen and oxygen atoms in total. The zero-order valence-electron chi connectivity index (χ0n) is 8.38. The van der Waals surface area contributed by atoms with Gasteiger partial charge in [0.1, 0.15) is 17.6 Å². The van der Waals surface area contributed by atoms with E-state index in [1.165, 1.54) is 18.2 Å². The van der Waals surface area contributed by atoms with Gasteiger partial charge in [0, 0.05) is 12.1 Å². The zero-order valence-corrected chi connectivity index (χ0v) is 8.38. The highest BCUT2D eigenvalue weighted by Crippen LogP contribution is 2.29. The first-order chi connectivity index (χ1) is 7.06. The number of nitrogens with one attached hydrogen (secondary N) is 1. The van der Waals surface area contributed by atoms with E-state index in [0.29, 0.717) is 0 Å². The van der Waals surface area contributed by atoms with E-state index >= 15 is 0 Å². The van der Waals surface area contributed by atoms with Gasteiger partial charge in [-0.25, -0.2) is 0 Å². The fourth-order valence-electron chi connectivity index (χ4n) is 1.31. The Morgan fingerprint density at radius 1 is 1.27 bits per heavy atom. The topological polar surface area (TPSA) is 93.0 Å². The number of hydrogen-bond acceptors (Lipinski definition) is 5. The molecule has 0 aliphatic carbocycles. The Hall–Kier alpha value is -1.30. The fourth-order valence-corrected chi connectivity index (χ4v) is 1.31. The van der Waals surface area contributed by atoms with Crippen molar-refractivity contribution in [3.05, 3.63) is 23.8 Å². The summed E-state index contributed by atoms with van der Waals surface area (Å²) in [5.74, 6) is -0.228. The predicted molar refractivity (Wildman–Crippen MR) is 54.7 cm³/mol. The van der Waals surface area contributed by atoms with Crippen LogP contribution in [0, 0.1) is 0 Å². The van der Waals surface area contributed by atoms with Gasteiger partial charge in [-0.2, -0.15) is 0 Å². The van der Waals surface area contributed by atoms with Crippen molar-refractivity contribution in [3.63, 3.8) is 0 Å². The first kappa shape index (κ1) is 11.8. The highest BCUT2D eigenvalue weighted by atomic mass is 16.3. The van der Waals surface area contributed by atoms with Gasteiger partial charge in [0.25, 0.3) is 0 Å². The molecule has 1 aromatic carbocycles. The van der Waals surface area contributed by atoms with Crippen LogP contribution in [-0.2, 0) is 0 Å². The molecule has 0 aliphatic rings. The molecule has 0 bridgehead atoms. The van der Waals surface area contributed by atoms with Crippen LogP contribution in [0.4, 0.5) is 0 Å². The lowest BCUT2D eigenvalue weighted by atomic mass is 10.0. The van der Waals surface area contributed by atoms with Gasteiger partial charge in [-0.15, -0.1) is 0 Å². The lowest BCUT2D eigenvalue weighted by Gasteiger charge is -2.18. The number of aromatic hydroxyl groups is 2. The van der Waals surface area contributed by atoms with E-state index in [-0.39, 0.29) is 23.6 Å². The molecular weight excluding hydrogens is 198 g/mol. The van der Waals surface area contributed by atoms with Gasteiger partial charge in [-0.3, -0.25) is 0 Å². The van der Waals surface area contributed by atoms with Crippen molar-refractivity contribution in [2.75, 3.05) is 13.6 Å². The number of aliphatic hydroxyl groups excluding tert-OH is 2. The van der Waals surface area contributed by atoms with Crippen LogP contribution in [-0.4, -0.2) is 40.1 Å². The minimum absolute atomic E-state index is 0.0708. The molecule has 5 N–H and O–H groups in total. The number of likely N-dealkylation sites (N-methyl/N-ethyl adjacent to an activating group) is 1. The second-order valence-electron chi connectivity index (χ2n) is 3.31. The van der Waals surface area contributed by atoms with Gasteiger partial charge in [0.15, 0.2) is 0 Å². The number of phenols is 2. The summed E-state index contributed by atoms with van der Waals surface area (Å²) in [6.45, 7) is 0.191. The molecule has 2 atom stereocenters. The minimum Gasteiger partial charge on any atom is -0.508 e. The Morgan fingerprint density at radius 3 is 2.53 bits per heavy atom. The Bertz CT molecular complexity index is 329. The molecule has 0 saturated heterocycles. The van der Waals surface area contributed by atoms with E-state index in [9.17, 15) is 20.4 Å². The zero-order chi connectivity index (χ0) is 11.4. The van der Waals surface area contributed by atoms with Crippen molar-refractivity contribution in [2.24, 2.45) is 0 Å². The third kappa shape index (κ3) is 2.82. The summed E-state index contributed by atoms with van der Waals surface area (Å²) in [5.41, 5.74) is 0.109. The predicted octanol–water partition coefficient (Wildman–Crippen LogP) is -0.289. The average Bonchev–Trinajstić information content (AvgIpc) is 2.21. The highest BCUT2D eigenvalue weighted by Gasteiger charge is 2.20. The van der Waals surface area contributed by atoms with Crippen molar-refractivity contribution in [1.29, 1.82) is 0 Å². The van der Waals surface area contributed by atoms with Crippen molar-refractivity contribution >= 4 is 0 Å². The molecule has 2 unspecified atom stereocenters. The van der Waals surface area contributed by atoms with Crippen LogP contribution >= 0.6 is 0 Å². The first-order valence-electron chi connectivity index (χ1n) is 4.59. The van der Waals surface area contributed by atoms with Crippen LogP contribution in [0.1, 0.15) is 11.7 Å². The number of rotatable bonds is 4. The van der Waals surface area contributed by atoms with Gasteiger partial charge < -0.3 is 25.7 Å². The summed E-state index contributed by atoms with van der Waals surface area (Å²) in [5, 5.41) is 40.4. The first-order valence-corrected chi connectivity index (χ1v) is 4.59. The summed E-state index contributed by atoms with van der Waals surface area (Å²) in [6, 6.07) is 3.79. The van der Waals surface area contributed by atoms with Gasteiger partial charge in [-0.1, -0.05) is 0 Å². The van der Waals surface area contributed by atoms with Crippen molar-refractivity contribution in [1.82, 2.24) is 5.32 Å². The lowest BCUT2D eigenvalue weighted by molar-refractivity contribution is 0.0188. The van der Waals surface area contributed by atoms with E-state index in [1.807, 2.05) is 0 Å². The molecule has 0 amide bonds. The summed E-state index contributed by atoms with van der Waals surface area (Å²) >= 11 is 0. The van der Waals surface area contributed by atoms with E-state index in [0.717, 1.165) is 0 Å². The van der Waals surface area contributed by atoms with Crippen LogP contribution in [0.5, 0.6) is 11.5 Å². The molecule has 5 heteroatoms. The van der Waals surface area contributed by atoms with E-state index < -0.39 is 12.2 Å². The number of aliphatic hydroxyl groups is 2. The molecular formula is C10H15NO4. The van der Waals surface area contributed by atoms with Crippen LogP contribution in [0.15, 0.2) is 18.2 Å². The Morgan fingerprint density at radius 2 is 1.93 bits per heavy atom. The van der Waals surface area contributed by atoms with E-state index in [4.69, 9.17) is 0 Å². The summed E-state index contributed by atoms with van der Waals surface area (Å²) < 4.78 is 0. The largest absolute Gasteiger partial charge is 0.508 e. The highest BCUT2D eigenvalue weighted by molar-refractivity contribution is 5.40. The van der Waals surface area contributed by atoms with Gasteiger partial charge in [0.2, 0.25) is 0 Å². The Labute approximate surface area is 87.6 Å². The van der Waals surface area contributed by atoms with Crippen molar-refractivity contribution < 1.29 is 20.4 Å². The molecule has 15 heavy (non-hydrogen) atoms. The van der Waals surface area contributed by atoms with Crippen LogP contribution < -0.4 is 5.32 Å². The smallest absolute Gasteiger partial charge is 0.121 e. The summed E-state index contributed by atoms with van der Waals surface area (Å²) in [6.07, 6.45) is -2.27. The van der Waals surface area contributed by atoms with Crippen molar-refractivity contribution in [2.45, 2.75) is 12.2 Å². The number of benzene rings is 1. The van der Waals surface area contributed by atoms with E-state index in [1.54, 1.807) is 7.05 Å². The second-order valence-corrected chi connectivity index (χ2v) is 3.31. The van der Waals surface area contributed by atoms with Crippen LogP contribution in [0.3, 0.4) is 0 Å². The van der Waals surface area contributed by atoms with Gasteiger partial charge in [-0.05, 0) is 25.2 Å². The average molecular weight is 213 g/mol. The molecule has 0 fully saturated rings. The van der Waals surface area contributed by atoms with Crippen molar-refractivity contribution in [3.8, 4) is 11.5 Å². The maximum absolute atomic E-state index is 9.66. The monoisotopic (exact) mass is 213 g/mol. The molecule has 0 heterocycles. The SMILES string of the molecule is CNCC(O)C(O)c1cc(O)ccc1O. The van der Waals surface area contributed by atoms with Gasteiger partial charge in [0.05, 0.1) is 6.10 Å². The molecule has 0 radical (unpaired) electrons. The minimum atomic E-state index is -1.23. The maximum atomic E-state index is 9.66. The molecule has 84 valence electrons. The standard InChI is InChI=1S/C10H15NO4/c1-11-5-9(14)10(15)7-4-6(12)2-3-8(7)13/h2-4,9-15H,5H2,1H3. The third-order valence-corrected chi connectivity index (χ3v) is 2.11. The third-order valence-electron chi connectivity index (χ3n) is 2.11. The molecule has 0 saturated carbocycles. The lowest BCUT2D eigenvalue weighted by Crippen LogP contribution is -2.29. The summed E-state index contributed by atoms with van der Waals surface area (Å²) in [7, 11) is 1.64. The molecule has 0 spiro atoms. The van der Waals surface area contributed by atoms with Crippen LogP contribution in [0.25, 0.3) is 0 Å². The molecule has 1 rings (SSSR count). The number of hydrogen-bond donors (Lipinski definition) is 5. The molecule has 0 aliphatic heterocycles. The molecule has 1 aromatic rings. The Balaban J connectivity index is 2.89. The quantitative estimate of drug-likeness (QED) is 0.443. The van der Waals surface area contributed by atoms with Crippen LogP contribution in [0.2, 0.25) is 0 Å². The maximum Gasteiger partial charge on any atom is 0.121 e. The Kier molecular flexibility index (Phi) is 3.90. The van der Waals surface area contributed by atoms with E-state index in [2.05, 4.69) is 5.32 Å². The second kappa shape index (κ2) is 4.97. The fraction of sp³-hybridized carbons (Fsp3) is 0.400. The molecule has 0 aromatic heterocycles.